The Morgan fingerprint density at radius 3 is 2.75 bits per heavy atom. The van der Waals surface area contributed by atoms with Crippen LogP contribution in [0, 0.1) is 11.3 Å². The van der Waals surface area contributed by atoms with Gasteiger partial charge in [-0.3, -0.25) is 5.32 Å². The van der Waals surface area contributed by atoms with E-state index in [1.165, 1.54) is 18.4 Å². The maximum absolute atomic E-state index is 9.37. The van der Waals surface area contributed by atoms with Crippen LogP contribution in [0.4, 0.5) is 0 Å². The van der Waals surface area contributed by atoms with Crippen LogP contribution in [-0.2, 0) is 0 Å². The minimum absolute atomic E-state index is 0.382. The molecule has 1 aromatic rings. The summed E-state index contributed by atoms with van der Waals surface area (Å²) in [6.45, 7) is 6.67. The monoisotopic (exact) mass is 272 g/mol. The molecule has 2 unspecified atom stereocenters. The zero-order chi connectivity index (χ0) is 14.6. The Morgan fingerprint density at radius 1 is 1.45 bits per heavy atom. The lowest BCUT2D eigenvalue weighted by molar-refractivity contribution is 0.230. The van der Waals surface area contributed by atoms with E-state index in [9.17, 15) is 5.26 Å². The van der Waals surface area contributed by atoms with E-state index in [1.54, 1.807) is 0 Å². The topological polar surface area (TPSA) is 45.0 Å². The Hall–Kier alpha value is -1.53. The fraction of sp³-hybridized carbons (Fsp3) is 0.588. The number of para-hydroxylation sites is 1. The van der Waals surface area contributed by atoms with Gasteiger partial charge >= 0.3 is 0 Å². The van der Waals surface area contributed by atoms with Crippen LogP contribution in [0.2, 0.25) is 0 Å². The summed E-state index contributed by atoms with van der Waals surface area (Å²) < 4.78 is 5.96. The fourth-order valence-corrected chi connectivity index (χ4v) is 2.25. The molecule has 1 aromatic carbocycles. The first-order chi connectivity index (χ1) is 9.58. The molecule has 2 rings (SSSR count). The zero-order valence-corrected chi connectivity index (χ0v) is 12.6. The molecule has 1 fully saturated rings. The molecule has 0 radical (unpaired) electrons. The number of nitriles is 1. The molecule has 0 amide bonds. The summed E-state index contributed by atoms with van der Waals surface area (Å²) in [4.78, 5) is 0. The van der Waals surface area contributed by atoms with E-state index < -0.39 is 5.54 Å². The molecular weight excluding hydrogens is 248 g/mol. The lowest BCUT2D eigenvalue weighted by atomic mass is 9.97. The van der Waals surface area contributed by atoms with Crippen LogP contribution in [0.3, 0.4) is 0 Å². The van der Waals surface area contributed by atoms with E-state index in [-0.39, 0.29) is 0 Å². The third kappa shape index (κ3) is 3.74. The standard InChI is InChI=1S/C17H24N2O/c1-4-13(2)15-7-5-6-8-16(15)20-12-17(3,11-18)19-14-9-10-14/h5-8,13-14,19H,4,9-10,12H2,1-3H3. The van der Waals surface area contributed by atoms with Gasteiger partial charge in [-0.2, -0.15) is 5.26 Å². The Morgan fingerprint density at radius 2 is 2.15 bits per heavy atom. The Bertz CT molecular complexity index is 490. The van der Waals surface area contributed by atoms with Gasteiger partial charge in [0.05, 0.1) is 6.07 Å². The van der Waals surface area contributed by atoms with Crippen LogP contribution in [0.1, 0.15) is 51.5 Å². The molecule has 3 heteroatoms. The second kappa shape index (κ2) is 6.28. The maximum atomic E-state index is 9.37. The molecule has 1 aliphatic rings. The van der Waals surface area contributed by atoms with E-state index >= 15 is 0 Å². The first-order valence-corrected chi connectivity index (χ1v) is 7.48. The molecule has 0 spiro atoms. The number of hydrogen-bond donors (Lipinski definition) is 1. The van der Waals surface area contributed by atoms with E-state index in [2.05, 4.69) is 31.3 Å². The van der Waals surface area contributed by atoms with E-state index in [0.29, 0.717) is 18.6 Å². The van der Waals surface area contributed by atoms with Crippen molar-refractivity contribution in [2.45, 2.75) is 57.5 Å². The number of benzene rings is 1. The summed E-state index contributed by atoms with van der Waals surface area (Å²) >= 11 is 0. The minimum atomic E-state index is -0.607. The second-order valence-corrected chi connectivity index (χ2v) is 6.00. The average molecular weight is 272 g/mol. The maximum Gasteiger partial charge on any atom is 0.138 e. The molecule has 0 aliphatic heterocycles. The Labute approximate surface area is 121 Å². The summed E-state index contributed by atoms with van der Waals surface area (Å²) in [6.07, 6.45) is 3.41. The average Bonchev–Trinajstić information content (AvgIpc) is 3.28. The highest BCUT2D eigenvalue weighted by Gasteiger charge is 2.33. The number of rotatable bonds is 7. The molecule has 3 nitrogen and oxygen atoms in total. The first-order valence-electron chi connectivity index (χ1n) is 7.48. The first kappa shape index (κ1) is 14.9. The minimum Gasteiger partial charge on any atom is -0.490 e. The van der Waals surface area contributed by atoms with Crippen molar-refractivity contribution in [3.05, 3.63) is 29.8 Å². The molecule has 108 valence electrons. The number of ether oxygens (including phenoxy) is 1. The van der Waals surface area contributed by atoms with Gasteiger partial charge in [0.1, 0.15) is 17.9 Å². The highest BCUT2D eigenvalue weighted by Crippen LogP contribution is 2.29. The van der Waals surface area contributed by atoms with Gasteiger partial charge < -0.3 is 4.74 Å². The highest BCUT2D eigenvalue weighted by atomic mass is 16.5. The van der Waals surface area contributed by atoms with Crippen molar-refractivity contribution in [1.29, 1.82) is 5.26 Å². The van der Waals surface area contributed by atoms with Crippen molar-refractivity contribution in [3.63, 3.8) is 0 Å². The summed E-state index contributed by atoms with van der Waals surface area (Å²) in [6, 6.07) is 11.0. The number of hydrogen-bond acceptors (Lipinski definition) is 3. The lowest BCUT2D eigenvalue weighted by Gasteiger charge is -2.25. The number of nitrogens with one attached hydrogen (secondary N) is 1. The van der Waals surface area contributed by atoms with Crippen LogP contribution in [0.5, 0.6) is 5.75 Å². The van der Waals surface area contributed by atoms with Gasteiger partial charge in [-0.05, 0) is 43.7 Å². The predicted molar refractivity (Wildman–Crippen MR) is 80.8 cm³/mol. The van der Waals surface area contributed by atoms with Crippen molar-refractivity contribution in [2.75, 3.05) is 6.61 Å². The van der Waals surface area contributed by atoms with E-state index in [4.69, 9.17) is 4.74 Å². The van der Waals surface area contributed by atoms with Gasteiger partial charge in [0.2, 0.25) is 0 Å². The van der Waals surface area contributed by atoms with E-state index in [1.807, 2.05) is 25.1 Å². The summed E-state index contributed by atoms with van der Waals surface area (Å²) in [5.41, 5.74) is 0.616. The predicted octanol–water partition coefficient (Wildman–Crippen LogP) is 3.61. The van der Waals surface area contributed by atoms with Crippen molar-refractivity contribution in [3.8, 4) is 11.8 Å². The molecule has 0 aromatic heterocycles. The summed E-state index contributed by atoms with van der Waals surface area (Å²) in [7, 11) is 0. The van der Waals surface area contributed by atoms with Gasteiger partial charge in [-0.15, -0.1) is 0 Å². The molecule has 1 N–H and O–H groups in total. The molecule has 1 aliphatic carbocycles. The quantitative estimate of drug-likeness (QED) is 0.824. The molecular formula is C17H24N2O. The van der Waals surface area contributed by atoms with Crippen LogP contribution in [-0.4, -0.2) is 18.2 Å². The van der Waals surface area contributed by atoms with Crippen LogP contribution >= 0.6 is 0 Å². The molecule has 1 saturated carbocycles. The third-order valence-corrected chi connectivity index (χ3v) is 3.93. The Kier molecular flexibility index (Phi) is 4.67. The molecule has 0 heterocycles. The van der Waals surface area contributed by atoms with Crippen molar-refractivity contribution in [2.24, 2.45) is 0 Å². The molecule has 0 saturated heterocycles. The molecule has 2 atom stereocenters. The molecule has 0 bridgehead atoms. The smallest absolute Gasteiger partial charge is 0.138 e. The van der Waals surface area contributed by atoms with Crippen molar-refractivity contribution in [1.82, 2.24) is 5.32 Å². The summed E-state index contributed by atoms with van der Waals surface area (Å²) in [5, 5.41) is 12.7. The van der Waals surface area contributed by atoms with Crippen molar-refractivity contribution < 1.29 is 4.74 Å². The molecule has 20 heavy (non-hydrogen) atoms. The van der Waals surface area contributed by atoms with Crippen molar-refractivity contribution >= 4 is 0 Å². The largest absolute Gasteiger partial charge is 0.490 e. The van der Waals surface area contributed by atoms with Crippen LogP contribution in [0.25, 0.3) is 0 Å². The van der Waals surface area contributed by atoms with Crippen LogP contribution in [0.15, 0.2) is 24.3 Å². The van der Waals surface area contributed by atoms with Gasteiger partial charge in [0, 0.05) is 6.04 Å². The fourth-order valence-electron chi connectivity index (χ4n) is 2.25. The zero-order valence-electron chi connectivity index (χ0n) is 12.6. The van der Waals surface area contributed by atoms with Crippen LogP contribution < -0.4 is 10.1 Å². The van der Waals surface area contributed by atoms with E-state index in [0.717, 1.165) is 12.2 Å². The lowest BCUT2D eigenvalue weighted by Crippen LogP contribution is -2.47. The SMILES string of the molecule is CCC(C)c1ccccc1OCC(C)(C#N)NC1CC1. The number of nitrogens with zero attached hydrogens (tertiary/aromatic N) is 1. The van der Waals surface area contributed by atoms with Gasteiger partial charge in [-0.25, -0.2) is 0 Å². The van der Waals surface area contributed by atoms with Gasteiger partial charge in [0.25, 0.3) is 0 Å². The second-order valence-electron chi connectivity index (χ2n) is 6.00. The normalized spacial score (nSPS) is 18.9. The highest BCUT2D eigenvalue weighted by molar-refractivity contribution is 5.36. The third-order valence-electron chi connectivity index (χ3n) is 3.93. The van der Waals surface area contributed by atoms with Gasteiger partial charge in [0.15, 0.2) is 0 Å². The Balaban J connectivity index is 2.04. The van der Waals surface area contributed by atoms with Gasteiger partial charge in [-0.1, -0.05) is 32.0 Å². The summed E-state index contributed by atoms with van der Waals surface area (Å²) in [5.74, 6) is 1.37.